The van der Waals surface area contributed by atoms with E-state index in [2.05, 4.69) is 10.6 Å². The average Bonchev–Trinajstić information content (AvgIpc) is 2.77. The van der Waals surface area contributed by atoms with Crippen LogP contribution in [0, 0.1) is 0 Å². The minimum absolute atomic E-state index is 0.114. The van der Waals surface area contributed by atoms with Crippen molar-refractivity contribution in [2.45, 2.75) is 6.92 Å². The molecule has 3 N–H and O–H groups in total. The van der Waals surface area contributed by atoms with Crippen LogP contribution in [0.3, 0.4) is 0 Å². The Bertz CT molecular complexity index is 1080. The fourth-order valence-electron chi connectivity index (χ4n) is 2.66. The van der Waals surface area contributed by atoms with Gasteiger partial charge in [-0.3, -0.25) is 9.59 Å². The molecule has 0 saturated heterocycles. The number of hydrogen-bond donors (Lipinski definition) is 3. The van der Waals surface area contributed by atoms with Crippen LogP contribution < -0.4 is 20.1 Å². The van der Waals surface area contributed by atoms with Crippen LogP contribution in [0.2, 0.25) is 0 Å². The topological polar surface area (TPSA) is 140 Å². The van der Waals surface area contributed by atoms with E-state index in [1.807, 2.05) is 0 Å². The zero-order valence-corrected chi connectivity index (χ0v) is 17.0. The van der Waals surface area contributed by atoms with E-state index < -0.39 is 30.4 Å². The van der Waals surface area contributed by atoms with Gasteiger partial charge in [0.2, 0.25) is 5.91 Å². The van der Waals surface area contributed by atoms with E-state index in [1.165, 1.54) is 31.2 Å². The summed E-state index contributed by atoms with van der Waals surface area (Å²) in [5.41, 5.74) is 0.893. The van der Waals surface area contributed by atoms with Crippen molar-refractivity contribution in [3.63, 3.8) is 0 Å². The molecule has 3 rings (SSSR count). The van der Waals surface area contributed by atoms with Gasteiger partial charge in [-0.2, -0.15) is 0 Å². The van der Waals surface area contributed by atoms with Gasteiger partial charge in [0.05, 0.1) is 5.56 Å². The highest BCUT2D eigenvalue weighted by molar-refractivity contribution is 6.04. The normalized spacial score (nSPS) is 12.5. The predicted octanol–water partition coefficient (Wildman–Crippen LogP) is 2.22. The second-order valence-corrected chi connectivity index (χ2v) is 6.68. The number of carbonyl (C=O) groups is 4. The van der Waals surface area contributed by atoms with Gasteiger partial charge < -0.3 is 30.0 Å². The van der Waals surface area contributed by atoms with Crippen molar-refractivity contribution in [3.05, 3.63) is 59.7 Å². The lowest BCUT2D eigenvalue weighted by Gasteiger charge is -2.19. The number of carboxylic acids is 1. The molecular weight excluding hydrogens is 420 g/mol. The van der Waals surface area contributed by atoms with Crippen LogP contribution in [0.15, 0.2) is 54.1 Å². The molecule has 0 aromatic heterocycles. The van der Waals surface area contributed by atoms with Gasteiger partial charge in [-0.25, -0.2) is 9.59 Å². The number of anilines is 2. The molecule has 0 saturated carbocycles. The van der Waals surface area contributed by atoms with Gasteiger partial charge in [0.25, 0.3) is 5.91 Å². The monoisotopic (exact) mass is 440 g/mol. The Morgan fingerprint density at radius 2 is 1.62 bits per heavy atom. The second-order valence-electron chi connectivity index (χ2n) is 6.68. The molecule has 1 aliphatic rings. The maximum absolute atomic E-state index is 12.1. The quantitative estimate of drug-likeness (QED) is 0.440. The summed E-state index contributed by atoms with van der Waals surface area (Å²) in [7, 11) is 0. The Hall–Kier alpha value is -4.34. The van der Waals surface area contributed by atoms with Crippen molar-refractivity contribution in [1.82, 2.24) is 0 Å². The standard InChI is InChI=1S/C22H20N2O8/c1-13(21(27)28)10-19(25)23-15-4-2-14(3-5-15)22(29)32-12-20(26)24-16-6-7-17-18(11-16)31-9-8-30-17/h2-7,10-11H,8-9,12H2,1H3,(H,23,25)(H,24,26)(H,27,28). The molecule has 0 fully saturated rings. The Labute approximate surface area is 182 Å². The third-order valence-electron chi connectivity index (χ3n) is 4.23. The minimum Gasteiger partial charge on any atom is -0.486 e. The van der Waals surface area contributed by atoms with Crippen LogP contribution in [-0.4, -0.2) is 48.7 Å². The maximum Gasteiger partial charge on any atom is 0.338 e. The summed E-state index contributed by atoms with van der Waals surface area (Å²) in [4.78, 5) is 46.7. The Morgan fingerprint density at radius 1 is 0.969 bits per heavy atom. The largest absolute Gasteiger partial charge is 0.486 e. The van der Waals surface area contributed by atoms with Gasteiger partial charge in [-0.05, 0) is 43.3 Å². The fraction of sp³-hybridized carbons (Fsp3) is 0.182. The third-order valence-corrected chi connectivity index (χ3v) is 4.23. The first kappa shape index (κ1) is 22.3. The summed E-state index contributed by atoms with van der Waals surface area (Å²) in [5.74, 6) is -1.95. The van der Waals surface area contributed by atoms with E-state index in [9.17, 15) is 19.2 Å². The van der Waals surface area contributed by atoms with Crippen molar-refractivity contribution >= 4 is 35.1 Å². The molecule has 0 bridgehead atoms. The van der Waals surface area contributed by atoms with Gasteiger partial charge in [0.15, 0.2) is 18.1 Å². The number of hydrogen-bond acceptors (Lipinski definition) is 7. The van der Waals surface area contributed by atoms with E-state index in [0.717, 1.165) is 6.08 Å². The summed E-state index contributed by atoms with van der Waals surface area (Å²) in [6, 6.07) is 10.7. The first-order valence-electron chi connectivity index (χ1n) is 9.51. The van der Waals surface area contributed by atoms with Gasteiger partial charge in [-0.1, -0.05) is 0 Å². The van der Waals surface area contributed by atoms with Crippen LogP contribution in [0.4, 0.5) is 11.4 Å². The molecule has 0 radical (unpaired) electrons. The molecule has 0 unspecified atom stereocenters. The molecule has 10 heteroatoms. The molecule has 2 aromatic rings. The second kappa shape index (κ2) is 10.1. The Balaban J connectivity index is 1.49. The number of esters is 1. The maximum atomic E-state index is 12.1. The SMILES string of the molecule is CC(=CC(=O)Nc1ccc(C(=O)OCC(=O)Nc2ccc3c(c2)OCCO3)cc1)C(=O)O. The first-order valence-corrected chi connectivity index (χ1v) is 9.51. The van der Waals surface area contributed by atoms with Gasteiger partial charge >= 0.3 is 11.9 Å². The molecule has 166 valence electrons. The molecule has 2 amide bonds. The first-order chi connectivity index (χ1) is 15.3. The van der Waals surface area contributed by atoms with E-state index in [4.69, 9.17) is 19.3 Å². The number of aliphatic carboxylic acids is 1. The molecule has 32 heavy (non-hydrogen) atoms. The Morgan fingerprint density at radius 3 is 2.31 bits per heavy atom. The zero-order chi connectivity index (χ0) is 23.1. The van der Waals surface area contributed by atoms with Gasteiger partial charge in [0.1, 0.15) is 13.2 Å². The molecule has 0 atom stereocenters. The Kier molecular flexibility index (Phi) is 7.06. The summed E-state index contributed by atoms with van der Waals surface area (Å²) >= 11 is 0. The number of nitrogens with one attached hydrogen (secondary N) is 2. The van der Waals surface area contributed by atoms with Crippen LogP contribution >= 0.6 is 0 Å². The molecule has 2 aromatic carbocycles. The molecule has 1 heterocycles. The lowest BCUT2D eigenvalue weighted by molar-refractivity contribution is -0.132. The number of carbonyl (C=O) groups excluding carboxylic acids is 3. The summed E-state index contributed by atoms with van der Waals surface area (Å²) in [5, 5.41) is 13.9. The van der Waals surface area contributed by atoms with E-state index >= 15 is 0 Å². The highest BCUT2D eigenvalue weighted by Gasteiger charge is 2.14. The number of carboxylic acid groups (broad SMARTS) is 1. The average molecular weight is 440 g/mol. The van der Waals surface area contributed by atoms with Gasteiger partial charge in [-0.15, -0.1) is 0 Å². The molecule has 1 aliphatic heterocycles. The minimum atomic E-state index is -1.20. The summed E-state index contributed by atoms with van der Waals surface area (Å²) in [6.45, 7) is 1.68. The highest BCUT2D eigenvalue weighted by Crippen LogP contribution is 2.32. The van der Waals surface area contributed by atoms with Crippen LogP contribution in [0.5, 0.6) is 11.5 Å². The smallest absolute Gasteiger partial charge is 0.338 e. The van der Waals surface area contributed by atoms with E-state index in [0.29, 0.717) is 36.1 Å². The number of benzene rings is 2. The van der Waals surface area contributed by atoms with Crippen molar-refractivity contribution < 1.29 is 38.5 Å². The number of ether oxygens (including phenoxy) is 3. The third kappa shape index (κ3) is 6.08. The number of fused-ring (bicyclic) bond motifs is 1. The van der Waals surface area contributed by atoms with Gasteiger partial charge in [0, 0.05) is 29.1 Å². The highest BCUT2D eigenvalue weighted by atomic mass is 16.6. The molecule has 10 nitrogen and oxygen atoms in total. The van der Waals surface area contributed by atoms with Crippen molar-refractivity contribution in [2.24, 2.45) is 0 Å². The van der Waals surface area contributed by atoms with Crippen LogP contribution in [0.25, 0.3) is 0 Å². The molecule has 0 spiro atoms. The molecular formula is C22H20N2O8. The number of rotatable bonds is 7. The van der Waals surface area contributed by atoms with Crippen molar-refractivity contribution in [2.75, 3.05) is 30.5 Å². The molecule has 0 aliphatic carbocycles. The van der Waals surface area contributed by atoms with Crippen LogP contribution in [0.1, 0.15) is 17.3 Å². The zero-order valence-electron chi connectivity index (χ0n) is 17.0. The predicted molar refractivity (Wildman–Crippen MR) is 113 cm³/mol. The lowest BCUT2D eigenvalue weighted by atomic mass is 10.2. The summed E-state index contributed by atoms with van der Waals surface area (Å²) in [6.07, 6.45) is 0.949. The summed E-state index contributed by atoms with van der Waals surface area (Å²) < 4.78 is 15.9. The van der Waals surface area contributed by atoms with Crippen molar-refractivity contribution in [1.29, 1.82) is 0 Å². The number of amides is 2. The van der Waals surface area contributed by atoms with Crippen molar-refractivity contribution in [3.8, 4) is 11.5 Å². The van der Waals surface area contributed by atoms with Crippen LogP contribution in [-0.2, 0) is 19.1 Å². The lowest BCUT2D eigenvalue weighted by Crippen LogP contribution is -2.21. The fourth-order valence-corrected chi connectivity index (χ4v) is 2.66. The van der Waals surface area contributed by atoms with E-state index in [-0.39, 0.29) is 11.1 Å². The van der Waals surface area contributed by atoms with E-state index in [1.54, 1.807) is 18.2 Å².